The Balaban J connectivity index is 1.32. The topological polar surface area (TPSA) is 96.4 Å². The molecule has 0 aliphatic carbocycles. The third kappa shape index (κ3) is 4.68. The van der Waals surface area contributed by atoms with Gasteiger partial charge in [0.2, 0.25) is 5.95 Å². The minimum absolute atomic E-state index is 0.102. The van der Waals surface area contributed by atoms with Crippen LogP contribution in [0, 0.1) is 0 Å². The minimum atomic E-state index is -0.321. The van der Waals surface area contributed by atoms with Gasteiger partial charge in [-0.25, -0.2) is 19.6 Å². The number of esters is 1. The number of nitrogens with zero attached hydrogens (tertiary/aromatic N) is 3. The first-order chi connectivity index (χ1) is 14.6. The molecule has 2 N–H and O–H groups in total. The van der Waals surface area contributed by atoms with Crippen molar-refractivity contribution >= 4 is 45.1 Å². The molecule has 3 heterocycles. The average Bonchev–Trinajstić information content (AvgIpc) is 3.19. The molecule has 2 aromatic heterocycles. The van der Waals surface area contributed by atoms with Gasteiger partial charge in [0.05, 0.1) is 6.61 Å². The van der Waals surface area contributed by atoms with Crippen molar-refractivity contribution in [3.05, 3.63) is 47.6 Å². The molecule has 1 aliphatic rings. The van der Waals surface area contributed by atoms with Gasteiger partial charge in [-0.05, 0) is 55.5 Å². The monoisotopic (exact) mass is 425 g/mol. The number of rotatable bonds is 5. The van der Waals surface area contributed by atoms with Gasteiger partial charge in [0, 0.05) is 41.9 Å². The van der Waals surface area contributed by atoms with E-state index in [1.54, 1.807) is 31.5 Å². The third-order valence-electron chi connectivity index (χ3n) is 4.92. The highest BCUT2D eigenvalue weighted by Gasteiger charge is 2.22. The van der Waals surface area contributed by atoms with Crippen LogP contribution < -0.4 is 15.5 Å². The fraction of sp³-hybridized carbons (Fsp3) is 0.333. The van der Waals surface area contributed by atoms with E-state index in [2.05, 4.69) is 25.5 Å². The number of hydrogen-bond donors (Lipinski definition) is 2. The Bertz CT molecular complexity index is 1030. The van der Waals surface area contributed by atoms with Gasteiger partial charge in [-0.3, -0.25) is 0 Å². The number of urea groups is 1. The number of carbonyl (C=O) groups excluding carboxylic acids is 2. The molecule has 4 rings (SSSR count). The van der Waals surface area contributed by atoms with Gasteiger partial charge in [0.1, 0.15) is 4.88 Å². The molecule has 0 radical (unpaired) electrons. The zero-order valence-electron chi connectivity index (χ0n) is 16.6. The summed E-state index contributed by atoms with van der Waals surface area (Å²) in [6.07, 6.45) is 5.14. The molecule has 1 aromatic carbocycles. The van der Waals surface area contributed by atoms with Gasteiger partial charge in [-0.1, -0.05) is 0 Å². The Kier molecular flexibility index (Phi) is 6.08. The van der Waals surface area contributed by atoms with Crippen molar-refractivity contribution in [2.45, 2.75) is 25.8 Å². The number of carbonyl (C=O) groups is 2. The van der Waals surface area contributed by atoms with Crippen LogP contribution in [0.15, 0.2) is 42.7 Å². The second-order valence-corrected chi connectivity index (χ2v) is 8.08. The zero-order chi connectivity index (χ0) is 20.9. The largest absolute Gasteiger partial charge is 0.462 e. The molecule has 1 saturated heterocycles. The van der Waals surface area contributed by atoms with Crippen molar-refractivity contribution in [3.63, 3.8) is 0 Å². The van der Waals surface area contributed by atoms with Crippen molar-refractivity contribution in [1.29, 1.82) is 0 Å². The van der Waals surface area contributed by atoms with Crippen LogP contribution >= 0.6 is 11.3 Å². The summed E-state index contributed by atoms with van der Waals surface area (Å²) in [5, 5.41) is 6.83. The summed E-state index contributed by atoms with van der Waals surface area (Å²) in [6.45, 7) is 3.72. The Hall–Kier alpha value is -3.20. The predicted octanol–water partition coefficient (Wildman–Crippen LogP) is 3.66. The minimum Gasteiger partial charge on any atom is -0.462 e. The number of amides is 2. The number of nitrogens with one attached hydrogen (secondary N) is 2. The van der Waals surface area contributed by atoms with E-state index in [4.69, 9.17) is 4.74 Å². The lowest BCUT2D eigenvalue weighted by Crippen LogP contribution is -2.46. The second kappa shape index (κ2) is 9.08. The predicted molar refractivity (Wildman–Crippen MR) is 117 cm³/mol. The van der Waals surface area contributed by atoms with Crippen molar-refractivity contribution in [1.82, 2.24) is 15.3 Å². The molecule has 3 aromatic rings. The molecule has 1 aliphatic heterocycles. The summed E-state index contributed by atoms with van der Waals surface area (Å²) in [7, 11) is 0. The normalized spacial score (nSPS) is 14.5. The smallest absolute Gasteiger partial charge is 0.348 e. The van der Waals surface area contributed by atoms with Crippen LogP contribution in [-0.2, 0) is 4.74 Å². The Morgan fingerprint density at radius 3 is 2.70 bits per heavy atom. The van der Waals surface area contributed by atoms with Crippen LogP contribution in [0.1, 0.15) is 29.4 Å². The summed E-state index contributed by atoms with van der Waals surface area (Å²) in [6, 6.07) is 9.06. The zero-order valence-corrected chi connectivity index (χ0v) is 17.4. The first kappa shape index (κ1) is 20.1. The van der Waals surface area contributed by atoms with Crippen LogP contribution in [0.4, 0.5) is 16.4 Å². The molecule has 8 nitrogen and oxygen atoms in total. The average molecular weight is 426 g/mol. The summed E-state index contributed by atoms with van der Waals surface area (Å²) in [5.41, 5.74) is 0.684. The van der Waals surface area contributed by atoms with Crippen molar-refractivity contribution in [2.75, 3.05) is 29.9 Å². The van der Waals surface area contributed by atoms with Crippen molar-refractivity contribution < 1.29 is 14.3 Å². The first-order valence-electron chi connectivity index (χ1n) is 9.92. The van der Waals surface area contributed by atoms with E-state index >= 15 is 0 Å². The standard InChI is InChI=1S/C21H23N5O3S/c1-2-29-19(27)18-13-14-12-16(4-5-17(14)30-18)25-21(28)24-15-6-10-26(11-7-15)20-22-8-3-9-23-20/h3-5,8-9,12-13,15H,2,6-7,10-11H2,1H3,(H2,24,25,28). The molecule has 0 saturated carbocycles. The fourth-order valence-corrected chi connectivity index (χ4v) is 4.39. The van der Waals surface area contributed by atoms with Gasteiger partial charge < -0.3 is 20.3 Å². The first-order valence-corrected chi connectivity index (χ1v) is 10.7. The molecule has 2 amide bonds. The maximum Gasteiger partial charge on any atom is 0.348 e. The summed E-state index contributed by atoms with van der Waals surface area (Å²) < 4.78 is 6.02. The van der Waals surface area contributed by atoms with Gasteiger partial charge in [0.25, 0.3) is 0 Å². The maximum absolute atomic E-state index is 12.4. The lowest BCUT2D eigenvalue weighted by atomic mass is 10.1. The third-order valence-corrected chi connectivity index (χ3v) is 6.01. The van der Waals surface area contributed by atoms with E-state index in [-0.39, 0.29) is 18.0 Å². The van der Waals surface area contributed by atoms with Gasteiger partial charge in [-0.15, -0.1) is 11.3 Å². The number of aromatic nitrogens is 2. The summed E-state index contributed by atoms with van der Waals surface area (Å²) >= 11 is 1.38. The van der Waals surface area contributed by atoms with Gasteiger partial charge in [-0.2, -0.15) is 0 Å². The molecular weight excluding hydrogens is 402 g/mol. The lowest BCUT2D eigenvalue weighted by Gasteiger charge is -2.32. The quantitative estimate of drug-likeness (QED) is 0.606. The molecule has 0 atom stereocenters. The Morgan fingerprint density at radius 1 is 1.20 bits per heavy atom. The Labute approximate surface area is 178 Å². The van der Waals surface area contributed by atoms with Crippen LogP contribution in [-0.4, -0.2) is 47.7 Å². The van der Waals surface area contributed by atoms with Crippen LogP contribution in [0.2, 0.25) is 0 Å². The number of fused-ring (bicyclic) bond motifs is 1. The summed E-state index contributed by atoms with van der Waals surface area (Å²) in [4.78, 5) is 35.6. The van der Waals surface area contributed by atoms with E-state index in [0.29, 0.717) is 17.2 Å². The molecule has 1 fully saturated rings. The van der Waals surface area contributed by atoms with Crippen LogP contribution in [0.25, 0.3) is 10.1 Å². The lowest BCUT2D eigenvalue weighted by molar-refractivity contribution is 0.0532. The van der Waals surface area contributed by atoms with Crippen LogP contribution in [0.3, 0.4) is 0 Å². The maximum atomic E-state index is 12.4. The SMILES string of the molecule is CCOC(=O)c1cc2cc(NC(=O)NC3CCN(c4ncccn4)CC3)ccc2s1. The highest BCUT2D eigenvalue weighted by molar-refractivity contribution is 7.20. The van der Waals surface area contributed by atoms with E-state index in [1.165, 1.54) is 11.3 Å². The Morgan fingerprint density at radius 2 is 1.97 bits per heavy atom. The molecular formula is C21H23N5O3S. The molecule has 156 valence electrons. The highest BCUT2D eigenvalue weighted by atomic mass is 32.1. The fourth-order valence-electron chi connectivity index (χ4n) is 3.45. The summed E-state index contributed by atoms with van der Waals surface area (Å²) in [5.74, 6) is 0.407. The molecule has 30 heavy (non-hydrogen) atoms. The molecule has 0 bridgehead atoms. The number of hydrogen-bond acceptors (Lipinski definition) is 7. The molecule has 9 heteroatoms. The highest BCUT2D eigenvalue weighted by Crippen LogP contribution is 2.28. The second-order valence-electron chi connectivity index (χ2n) is 6.99. The number of benzene rings is 1. The number of piperidine rings is 1. The van der Waals surface area contributed by atoms with Crippen molar-refractivity contribution in [2.24, 2.45) is 0 Å². The van der Waals surface area contributed by atoms with E-state index in [9.17, 15) is 9.59 Å². The van der Waals surface area contributed by atoms with Crippen molar-refractivity contribution in [3.8, 4) is 0 Å². The number of ether oxygens (including phenoxy) is 1. The number of anilines is 2. The van der Waals surface area contributed by atoms with Crippen LogP contribution in [0.5, 0.6) is 0 Å². The van der Waals surface area contributed by atoms with E-state index in [0.717, 1.165) is 42.0 Å². The molecule has 0 unspecified atom stereocenters. The number of thiophene rings is 1. The van der Waals surface area contributed by atoms with E-state index < -0.39 is 0 Å². The van der Waals surface area contributed by atoms with Gasteiger partial charge >= 0.3 is 12.0 Å². The molecule has 0 spiro atoms. The van der Waals surface area contributed by atoms with Gasteiger partial charge in [0.15, 0.2) is 0 Å². The van der Waals surface area contributed by atoms with E-state index in [1.807, 2.05) is 18.2 Å².